The number of halogens is 2. The fourth-order valence-corrected chi connectivity index (χ4v) is 3.28. The highest BCUT2D eigenvalue weighted by atomic mass is 19.1. The van der Waals surface area contributed by atoms with E-state index in [9.17, 15) is 13.6 Å². The van der Waals surface area contributed by atoms with E-state index in [1.807, 2.05) is 28.8 Å². The van der Waals surface area contributed by atoms with Gasteiger partial charge in [0, 0.05) is 12.2 Å². The molecule has 1 aliphatic carbocycles. The zero-order chi connectivity index (χ0) is 19.3. The summed E-state index contributed by atoms with van der Waals surface area (Å²) in [6, 6.07) is 12.9. The number of carbonyl (C=O) groups excluding carboxylic acids is 1. The number of aromatic nitrogens is 4. The molecule has 0 atom stereocenters. The molecule has 1 fully saturated rings. The lowest BCUT2D eigenvalue weighted by Gasteiger charge is -2.08. The summed E-state index contributed by atoms with van der Waals surface area (Å²) >= 11 is 0. The highest BCUT2D eigenvalue weighted by Crippen LogP contribution is 2.40. The van der Waals surface area contributed by atoms with Crippen molar-refractivity contribution in [3.8, 4) is 5.69 Å². The van der Waals surface area contributed by atoms with Gasteiger partial charge in [-0.25, -0.2) is 18.4 Å². The highest BCUT2D eigenvalue weighted by molar-refractivity contribution is 6.02. The van der Waals surface area contributed by atoms with Crippen molar-refractivity contribution in [3.05, 3.63) is 72.1 Å². The molecule has 0 saturated heterocycles. The summed E-state index contributed by atoms with van der Waals surface area (Å²) in [7, 11) is 0. The Labute approximate surface area is 158 Å². The van der Waals surface area contributed by atoms with Crippen molar-refractivity contribution < 1.29 is 13.6 Å². The molecule has 1 saturated carbocycles. The van der Waals surface area contributed by atoms with E-state index in [0.29, 0.717) is 12.0 Å². The average Bonchev–Trinajstić information content (AvgIpc) is 3.27. The van der Waals surface area contributed by atoms with E-state index in [-0.39, 0.29) is 11.4 Å². The van der Waals surface area contributed by atoms with Crippen LogP contribution in [0.5, 0.6) is 0 Å². The van der Waals surface area contributed by atoms with Crippen LogP contribution in [0.3, 0.4) is 0 Å². The quantitative estimate of drug-likeness (QED) is 0.581. The number of nitrogens with zero attached hydrogens (tertiary/aromatic N) is 4. The molecule has 1 amide bonds. The Morgan fingerprint density at radius 2 is 1.79 bits per heavy atom. The van der Waals surface area contributed by atoms with Gasteiger partial charge in [-0.15, -0.1) is 0 Å². The first-order valence-corrected chi connectivity index (χ1v) is 8.90. The van der Waals surface area contributed by atoms with Crippen LogP contribution in [0.25, 0.3) is 16.7 Å². The number of amides is 1. The van der Waals surface area contributed by atoms with Crippen molar-refractivity contribution in [1.29, 1.82) is 0 Å². The summed E-state index contributed by atoms with van der Waals surface area (Å²) in [6.07, 6.45) is 3.41. The summed E-state index contributed by atoms with van der Waals surface area (Å²) in [6.45, 7) is 0. The zero-order valence-corrected chi connectivity index (χ0v) is 14.6. The molecule has 1 aliphatic rings. The molecule has 8 heteroatoms. The second-order valence-electron chi connectivity index (χ2n) is 6.70. The summed E-state index contributed by atoms with van der Waals surface area (Å²) in [5, 5.41) is 6.81. The van der Waals surface area contributed by atoms with Crippen LogP contribution in [0.1, 0.15) is 29.4 Å². The molecule has 2 aromatic carbocycles. The van der Waals surface area contributed by atoms with Gasteiger partial charge in [0.1, 0.15) is 5.69 Å². The van der Waals surface area contributed by atoms with Crippen molar-refractivity contribution in [3.63, 3.8) is 0 Å². The van der Waals surface area contributed by atoms with Crippen molar-refractivity contribution in [2.75, 3.05) is 5.32 Å². The van der Waals surface area contributed by atoms with Crippen LogP contribution in [0, 0.1) is 11.6 Å². The normalized spacial score (nSPS) is 13.8. The van der Waals surface area contributed by atoms with E-state index < -0.39 is 17.5 Å². The van der Waals surface area contributed by atoms with Gasteiger partial charge in [0.25, 0.3) is 5.91 Å². The topological polar surface area (TPSA) is 64.7 Å². The van der Waals surface area contributed by atoms with Crippen LogP contribution in [0.15, 0.2) is 54.7 Å². The Morgan fingerprint density at radius 3 is 2.54 bits per heavy atom. The van der Waals surface area contributed by atoms with E-state index in [0.717, 1.165) is 40.7 Å². The molecule has 0 bridgehead atoms. The molecule has 140 valence electrons. The summed E-state index contributed by atoms with van der Waals surface area (Å²) in [5.41, 5.74) is 1.46. The molecule has 0 spiro atoms. The number of imidazole rings is 1. The minimum atomic E-state index is -0.759. The van der Waals surface area contributed by atoms with Gasteiger partial charge >= 0.3 is 0 Å². The standard InChI is InChI=1S/C20H15F2N5O/c21-13-4-3-5-14(22)18(13)26-11-10-16(25-26)19(28)24-20-23-15-6-1-2-7-17(15)27(20)12-8-9-12/h1-7,10-12H,8-9H2,(H,23,24,28). The minimum absolute atomic E-state index is 0.0389. The molecule has 28 heavy (non-hydrogen) atoms. The number of para-hydroxylation sites is 3. The van der Waals surface area contributed by atoms with Crippen molar-refractivity contribution in [2.24, 2.45) is 0 Å². The largest absolute Gasteiger partial charge is 0.307 e. The van der Waals surface area contributed by atoms with Crippen molar-refractivity contribution in [2.45, 2.75) is 18.9 Å². The predicted octanol–water partition coefficient (Wildman–Crippen LogP) is 4.09. The number of hydrogen-bond acceptors (Lipinski definition) is 3. The lowest BCUT2D eigenvalue weighted by Crippen LogP contribution is -2.17. The third-order valence-corrected chi connectivity index (χ3v) is 4.72. The van der Waals surface area contributed by atoms with E-state index in [2.05, 4.69) is 15.4 Å². The van der Waals surface area contributed by atoms with Crippen LogP contribution >= 0.6 is 0 Å². The smallest absolute Gasteiger partial charge is 0.278 e. The van der Waals surface area contributed by atoms with Gasteiger partial charge in [-0.3, -0.25) is 10.1 Å². The Kier molecular flexibility index (Phi) is 3.71. The van der Waals surface area contributed by atoms with E-state index in [4.69, 9.17) is 0 Å². The highest BCUT2D eigenvalue weighted by Gasteiger charge is 2.29. The van der Waals surface area contributed by atoms with Gasteiger partial charge in [0.15, 0.2) is 17.3 Å². The van der Waals surface area contributed by atoms with E-state index in [1.165, 1.54) is 18.3 Å². The van der Waals surface area contributed by atoms with Crippen molar-refractivity contribution >= 4 is 22.9 Å². The van der Waals surface area contributed by atoms with E-state index >= 15 is 0 Å². The number of rotatable bonds is 4. The molecule has 2 heterocycles. The molecular weight excluding hydrogens is 364 g/mol. The number of anilines is 1. The average molecular weight is 379 g/mol. The van der Waals surface area contributed by atoms with Gasteiger partial charge in [-0.1, -0.05) is 18.2 Å². The SMILES string of the molecule is O=C(Nc1nc2ccccc2n1C1CC1)c1ccn(-c2c(F)cccc2F)n1. The van der Waals surface area contributed by atoms with Gasteiger partial charge < -0.3 is 4.57 Å². The van der Waals surface area contributed by atoms with Crippen LogP contribution in [0.2, 0.25) is 0 Å². The fourth-order valence-electron chi connectivity index (χ4n) is 3.28. The number of nitrogens with one attached hydrogen (secondary N) is 1. The monoisotopic (exact) mass is 379 g/mol. The van der Waals surface area contributed by atoms with E-state index in [1.54, 1.807) is 0 Å². The first-order chi connectivity index (χ1) is 13.6. The Balaban J connectivity index is 1.47. The molecule has 0 unspecified atom stereocenters. The third kappa shape index (κ3) is 2.74. The molecule has 2 aromatic heterocycles. The first kappa shape index (κ1) is 16.6. The summed E-state index contributed by atoms with van der Waals surface area (Å²) < 4.78 is 30.9. The molecule has 6 nitrogen and oxygen atoms in total. The fraction of sp³-hybridized carbons (Fsp3) is 0.150. The lowest BCUT2D eigenvalue weighted by atomic mass is 10.3. The maximum atomic E-state index is 13.9. The summed E-state index contributed by atoms with van der Waals surface area (Å²) in [4.78, 5) is 17.2. The van der Waals surface area contributed by atoms with Crippen LogP contribution in [-0.4, -0.2) is 25.2 Å². The summed E-state index contributed by atoms with van der Waals surface area (Å²) in [5.74, 6) is -1.57. The number of fused-ring (bicyclic) bond motifs is 1. The first-order valence-electron chi connectivity index (χ1n) is 8.90. The molecule has 0 radical (unpaired) electrons. The Hall–Kier alpha value is -3.55. The molecule has 1 N–H and O–H groups in total. The van der Waals surface area contributed by atoms with Crippen molar-refractivity contribution in [1.82, 2.24) is 19.3 Å². The molecule has 5 rings (SSSR count). The predicted molar refractivity (Wildman–Crippen MR) is 99.4 cm³/mol. The van der Waals surface area contributed by atoms with Crippen LogP contribution in [-0.2, 0) is 0 Å². The van der Waals surface area contributed by atoms with Crippen LogP contribution < -0.4 is 5.32 Å². The molecule has 4 aromatic rings. The molecule has 0 aliphatic heterocycles. The number of carbonyl (C=O) groups is 1. The van der Waals surface area contributed by atoms with Gasteiger partial charge in [-0.2, -0.15) is 5.10 Å². The van der Waals surface area contributed by atoms with Gasteiger partial charge in [0.05, 0.1) is 11.0 Å². The van der Waals surface area contributed by atoms with Crippen LogP contribution in [0.4, 0.5) is 14.7 Å². The lowest BCUT2D eigenvalue weighted by molar-refractivity contribution is 0.102. The third-order valence-electron chi connectivity index (χ3n) is 4.72. The maximum Gasteiger partial charge on any atom is 0.278 e. The second-order valence-corrected chi connectivity index (χ2v) is 6.70. The second kappa shape index (κ2) is 6.26. The number of benzene rings is 2. The van der Waals surface area contributed by atoms with Gasteiger partial charge in [-0.05, 0) is 43.2 Å². The minimum Gasteiger partial charge on any atom is -0.307 e. The maximum absolute atomic E-state index is 13.9. The van der Waals surface area contributed by atoms with Gasteiger partial charge in [0.2, 0.25) is 5.95 Å². The Bertz CT molecular complexity index is 1190. The molecular formula is C20H15F2N5O. The Morgan fingerprint density at radius 1 is 1.04 bits per heavy atom. The number of hydrogen-bond donors (Lipinski definition) is 1. The zero-order valence-electron chi connectivity index (χ0n) is 14.6.